The highest BCUT2D eigenvalue weighted by Crippen LogP contribution is 2.20. The van der Waals surface area contributed by atoms with Gasteiger partial charge in [-0.25, -0.2) is 0 Å². The number of benzene rings is 1. The van der Waals surface area contributed by atoms with E-state index in [0.717, 1.165) is 23.4 Å². The minimum absolute atomic E-state index is 0.124. The number of nitrogens with one attached hydrogen (secondary N) is 1. The number of rotatable bonds is 5. The standard InChI is InChI=1S/C16H16N2O2/c1-2-11-20-14-6-3-12(4-7-14)15-8-5-13(9-10-17)16(19)18-15/h3-8H,2,9,11H2,1H3,(H,18,19). The summed E-state index contributed by atoms with van der Waals surface area (Å²) in [7, 11) is 0. The molecule has 0 fully saturated rings. The minimum Gasteiger partial charge on any atom is -0.494 e. The highest BCUT2D eigenvalue weighted by Gasteiger charge is 2.03. The molecule has 1 aromatic carbocycles. The number of nitriles is 1. The van der Waals surface area contributed by atoms with Gasteiger partial charge in [-0.3, -0.25) is 4.79 Å². The predicted molar refractivity (Wildman–Crippen MR) is 77.6 cm³/mol. The Balaban J connectivity index is 2.21. The number of H-pyrrole nitrogens is 1. The van der Waals surface area contributed by atoms with Gasteiger partial charge in [-0.15, -0.1) is 0 Å². The summed E-state index contributed by atoms with van der Waals surface area (Å²) < 4.78 is 5.51. The van der Waals surface area contributed by atoms with Crippen LogP contribution in [0.1, 0.15) is 18.9 Å². The number of nitrogens with zero attached hydrogens (tertiary/aromatic N) is 1. The summed E-state index contributed by atoms with van der Waals surface area (Å²) in [4.78, 5) is 14.6. The van der Waals surface area contributed by atoms with Crippen molar-refractivity contribution in [2.45, 2.75) is 19.8 Å². The highest BCUT2D eigenvalue weighted by atomic mass is 16.5. The van der Waals surface area contributed by atoms with Crippen LogP contribution in [0, 0.1) is 11.3 Å². The Bertz CT molecular complexity index is 666. The van der Waals surface area contributed by atoms with E-state index < -0.39 is 0 Å². The number of aromatic amines is 1. The number of hydrogen-bond donors (Lipinski definition) is 1. The molecule has 4 nitrogen and oxygen atoms in total. The highest BCUT2D eigenvalue weighted by molar-refractivity contribution is 5.60. The second-order valence-corrected chi connectivity index (χ2v) is 4.43. The Kier molecular flexibility index (Phi) is 4.56. The van der Waals surface area contributed by atoms with Gasteiger partial charge in [0.1, 0.15) is 5.75 Å². The molecule has 0 saturated heterocycles. The zero-order valence-corrected chi connectivity index (χ0v) is 11.3. The Hall–Kier alpha value is -2.54. The fourth-order valence-electron chi connectivity index (χ4n) is 1.85. The van der Waals surface area contributed by atoms with Gasteiger partial charge in [-0.2, -0.15) is 5.26 Å². The molecule has 102 valence electrons. The van der Waals surface area contributed by atoms with Gasteiger partial charge >= 0.3 is 0 Å². The van der Waals surface area contributed by atoms with Crippen LogP contribution < -0.4 is 10.3 Å². The number of hydrogen-bond acceptors (Lipinski definition) is 3. The van der Waals surface area contributed by atoms with Crippen molar-refractivity contribution in [3.05, 3.63) is 52.3 Å². The smallest absolute Gasteiger partial charge is 0.252 e. The van der Waals surface area contributed by atoms with E-state index in [1.807, 2.05) is 36.4 Å². The lowest BCUT2D eigenvalue weighted by atomic mass is 10.1. The molecule has 0 aliphatic carbocycles. The molecule has 1 aromatic heterocycles. The first-order valence-electron chi connectivity index (χ1n) is 6.57. The Morgan fingerprint density at radius 2 is 1.95 bits per heavy atom. The monoisotopic (exact) mass is 268 g/mol. The van der Waals surface area contributed by atoms with Gasteiger partial charge < -0.3 is 9.72 Å². The summed E-state index contributed by atoms with van der Waals surface area (Å²) in [6, 6.07) is 13.1. The van der Waals surface area contributed by atoms with Gasteiger partial charge in [-0.1, -0.05) is 13.0 Å². The number of pyridine rings is 1. The third-order valence-corrected chi connectivity index (χ3v) is 2.90. The van der Waals surface area contributed by atoms with Crippen LogP contribution in [0.3, 0.4) is 0 Å². The van der Waals surface area contributed by atoms with E-state index in [2.05, 4.69) is 11.9 Å². The first-order valence-corrected chi connectivity index (χ1v) is 6.57. The molecule has 2 rings (SSSR count). The van der Waals surface area contributed by atoms with Gasteiger partial charge in [-0.05, 0) is 42.3 Å². The number of aromatic nitrogens is 1. The zero-order valence-electron chi connectivity index (χ0n) is 11.3. The second-order valence-electron chi connectivity index (χ2n) is 4.43. The third-order valence-electron chi connectivity index (χ3n) is 2.90. The SMILES string of the molecule is CCCOc1ccc(-c2ccc(CC#N)c(=O)[nH]2)cc1. The molecule has 0 unspecified atom stereocenters. The average Bonchev–Trinajstić information content (AvgIpc) is 2.48. The van der Waals surface area contributed by atoms with Gasteiger partial charge in [0.05, 0.1) is 19.1 Å². The maximum absolute atomic E-state index is 11.8. The van der Waals surface area contributed by atoms with Gasteiger partial charge in [0.25, 0.3) is 5.56 Å². The molecule has 20 heavy (non-hydrogen) atoms. The van der Waals surface area contributed by atoms with E-state index >= 15 is 0 Å². The number of ether oxygens (including phenoxy) is 1. The maximum atomic E-state index is 11.8. The Labute approximate surface area is 117 Å². The molecule has 0 bridgehead atoms. The molecule has 1 N–H and O–H groups in total. The molecule has 4 heteroatoms. The van der Waals surface area contributed by atoms with Gasteiger partial charge in [0, 0.05) is 11.3 Å². The van der Waals surface area contributed by atoms with Crippen LogP contribution in [0.5, 0.6) is 5.75 Å². The molecule has 0 atom stereocenters. The van der Waals surface area contributed by atoms with Crippen molar-refractivity contribution in [2.75, 3.05) is 6.61 Å². The zero-order chi connectivity index (χ0) is 14.4. The van der Waals surface area contributed by atoms with Crippen molar-refractivity contribution >= 4 is 0 Å². The first kappa shape index (κ1) is 13.9. The Morgan fingerprint density at radius 1 is 1.20 bits per heavy atom. The lowest BCUT2D eigenvalue weighted by molar-refractivity contribution is 0.317. The van der Waals surface area contributed by atoms with Crippen LogP contribution in [-0.2, 0) is 6.42 Å². The van der Waals surface area contributed by atoms with Crippen molar-refractivity contribution in [3.63, 3.8) is 0 Å². The maximum Gasteiger partial charge on any atom is 0.252 e. The van der Waals surface area contributed by atoms with E-state index in [9.17, 15) is 4.79 Å². The predicted octanol–water partition coefficient (Wildman–Crippen LogP) is 2.90. The minimum atomic E-state index is -0.213. The van der Waals surface area contributed by atoms with Crippen LogP contribution in [-0.4, -0.2) is 11.6 Å². The topological polar surface area (TPSA) is 65.9 Å². The van der Waals surface area contributed by atoms with Crippen molar-refractivity contribution in [3.8, 4) is 23.1 Å². The van der Waals surface area contributed by atoms with Crippen LogP contribution in [0.2, 0.25) is 0 Å². The van der Waals surface area contributed by atoms with Crippen molar-refractivity contribution in [2.24, 2.45) is 0 Å². The van der Waals surface area contributed by atoms with E-state index in [0.29, 0.717) is 12.2 Å². The average molecular weight is 268 g/mol. The van der Waals surface area contributed by atoms with Crippen molar-refractivity contribution < 1.29 is 4.74 Å². The summed E-state index contributed by atoms with van der Waals surface area (Å²) in [5.74, 6) is 0.819. The summed E-state index contributed by atoms with van der Waals surface area (Å²) in [5, 5.41) is 8.62. The van der Waals surface area contributed by atoms with E-state index in [1.54, 1.807) is 6.07 Å². The summed E-state index contributed by atoms with van der Waals surface area (Å²) >= 11 is 0. The van der Waals surface area contributed by atoms with E-state index in [1.165, 1.54) is 0 Å². The summed E-state index contributed by atoms with van der Waals surface area (Å²) in [6.45, 7) is 2.75. The summed E-state index contributed by atoms with van der Waals surface area (Å²) in [6.07, 6.45) is 1.09. The fourth-order valence-corrected chi connectivity index (χ4v) is 1.85. The molecule has 2 aromatic rings. The molecular weight excluding hydrogens is 252 g/mol. The third kappa shape index (κ3) is 3.27. The molecule has 0 aliphatic heterocycles. The molecule has 0 spiro atoms. The van der Waals surface area contributed by atoms with Gasteiger partial charge in [0.15, 0.2) is 0 Å². The molecule has 0 saturated carbocycles. The van der Waals surface area contributed by atoms with Gasteiger partial charge in [0.2, 0.25) is 0 Å². The van der Waals surface area contributed by atoms with Crippen molar-refractivity contribution in [1.82, 2.24) is 4.98 Å². The fraction of sp³-hybridized carbons (Fsp3) is 0.250. The molecule has 0 aliphatic rings. The van der Waals surface area contributed by atoms with Crippen LogP contribution in [0.4, 0.5) is 0 Å². The van der Waals surface area contributed by atoms with Crippen LogP contribution >= 0.6 is 0 Å². The van der Waals surface area contributed by atoms with Crippen molar-refractivity contribution in [1.29, 1.82) is 5.26 Å². The first-order chi connectivity index (χ1) is 9.74. The lowest BCUT2D eigenvalue weighted by Crippen LogP contribution is -2.12. The largest absolute Gasteiger partial charge is 0.494 e. The normalized spacial score (nSPS) is 10.0. The van der Waals surface area contributed by atoms with Crippen LogP contribution in [0.15, 0.2) is 41.2 Å². The van der Waals surface area contributed by atoms with E-state index in [-0.39, 0.29) is 12.0 Å². The molecule has 0 radical (unpaired) electrons. The van der Waals surface area contributed by atoms with Crippen LogP contribution in [0.25, 0.3) is 11.3 Å². The quantitative estimate of drug-likeness (QED) is 0.906. The van der Waals surface area contributed by atoms with E-state index in [4.69, 9.17) is 10.00 Å². The summed E-state index contributed by atoms with van der Waals surface area (Å²) in [5.41, 5.74) is 1.92. The molecule has 1 heterocycles. The second kappa shape index (κ2) is 6.58. The molecule has 0 amide bonds. The molecular formula is C16H16N2O2. The lowest BCUT2D eigenvalue weighted by Gasteiger charge is -2.06. The Morgan fingerprint density at radius 3 is 2.55 bits per heavy atom.